The normalized spacial score (nSPS) is 25.6. The van der Waals surface area contributed by atoms with Crippen molar-refractivity contribution in [3.05, 3.63) is 53.8 Å². The molecule has 1 aliphatic carbocycles. The van der Waals surface area contributed by atoms with Crippen molar-refractivity contribution in [1.82, 2.24) is 4.90 Å². The van der Waals surface area contributed by atoms with Crippen molar-refractivity contribution >= 4 is 11.7 Å². The van der Waals surface area contributed by atoms with E-state index in [1.165, 1.54) is 0 Å². The molecule has 3 unspecified atom stereocenters. The molecule has 1 saturated carbocycles. The third-order valence-electron chi connectivity index (χ3n) is 6.15. The fraction of sp³-hybridized carbons (Fsp3) is 0.500. The Balaban J connectivity index is 1.71. The Bertz CT molecular complexity index is 861. The van der Waals surface area contributed by atoms with E-state index in [1.54, 1.807) is 18.1 Å². The number of methoxy groups -OCH3 is 1. The largest absolute Gasteiger partial charge is 0.490 e. The van der Waals surface area contributed by atoms with Crippen molar-refractivity contribution in [2.75, 3.05) is 26.9 Å². The Morgan fingerprint density at radius 1 is 1.27 bits per heavy atom. The van der Waals surface area contributed by atoms with E-state index in [9.17, 15) is 9.59 Å². The maximum Gasteiger partial charge on any atom is 0.290 e. The Hall–Kier alpha value is -2.60. The first-order chi connectivity index (χ1) is 14.7. The Morgan fingerprint density at radius 2 is 2.10 bits per heavy atom. The van der Waals surface area contributed by atoms with Gasteiger partial charge < -0.3 is 19.1 Å². The molecule has 6 heteroatoms. The lowest BCUT2D eigenvalue weighted by Crippen LogP contribution is -2.39. The van der Waals surface area contributed by atoms with Gasteiger partial charge >= 0.3 is 0 Å². The number of fused-ring (bicyclic) bond motifs is 1. The number of amides is 1. The quantitative estimate of drug-likeness (QED) is 0.483. The number of nitrogens with zero attached hydrogens (tertiary/aromatic N) is 1. The summed E-state index contributed by atoms with van der Waals surface area (Å²) in [5, 5.41) is 0. The van der Waals surface area contributed by atoms with E-state index >= 15 is 0 Å². The number of hydrogen-bond acceptors (Lipinski definition) is 5. The Labute approximate surface area is 177 Å². The standard InChI is InChI=1S/C24H29NO5/c1-3-13-29-17-9-6-8-16(15-17)21-20-22(26)18-10-4-5-11-19(18)30-23(20)24(27)25(21)12-7-14-28-2/h3,6,8-9,15,18-19,21H,1,4-5,7,10-14H2,2H3. The van der Waals surface area contributed by atoms with Gasteiger partial charge in [0.15, 0.2) is 11.5 Å². The van der Waals surface area contributed by atoms with Crippen molar-refractivity contribution in [3.63, 3.8) is 0 Å². The predicted molar refractivity (Wildman–Crippen MR) is 112 cm³/mol. The van der Waals surface area contributed by atoms with Crippen molar-refractivity contribution < 1.29 is 23.8 Å². The summed E-state index contributed by atoms with van der Waals surface area (Å²) in [6, 6.07) is 7.15. The molecular formula is C24H29NO5. The molecule has 30 heavy (non-hydrogen) atoms. The molecule has 2 heterocycles. The summed E-state index contributed by atoms with van der Waals surface area (Å²) < 4.78 is 17.0. The molecule has 1 amide bonds. The van der Waals surface area contributed by atoms with Gasteiger partial charge in [-0.1, -0.05) is 31.2 Å². The molecule has 0 aromatic heterocycles. The van der Waals surface area contributed by atoms with Crippen LogP contribution in [0.5, 0.6) is 5.75 Å². The molecule has 160 valence electrons. The second-order valence-electron chi connectivity index (χ2n) is 8.07. The van der Waals surface area contributed by atoms with E-state index in [0.29, 0.717) is 37.5 Å². The SMILES string of the molecule is C=CCOc1cccc(C2C3=C(OC4CCCCC4C3=O)C(=O)N2CCCOC)c1. The van der Waals surface area contributed by atoms with E-state index in [1.807, 2.05) is 24.3 Å². The molecule has 3 aliphatic rings. The van der Waals surface area contributed by atoms with Crippen LogP contribution in [0.25, 0.3) is 0 Å². The number of carbonyl (C=O) groups is 2. The summed E-state index contributed by atoms with van der Waals surface area (Å²) in [6.07, 6.45) is 5.93. The fourth-order valence-electron chi connectivity index (χ4n) is 4.78. The van der Waals surface area contributed by atoms with Crippen LogP contribution in [0.4, 0.5) is 0 Å². The maximum atomic E-state index is 13.5. The topological polar surface area (TPSA) is 65.1 Å². The summed E-state index contributed by atoms with van der Waals surface area (Å²) in [7, 11) is 1.64. The van der Waals surface area contributed by atoms with Gasteiger partial charge in [-0.3, -0.25) is 9.59 Å². The van der Waals surface area contributed by atoms with Crippen LogP contribution in [-0.2, 0) is 19.1 Å². The first kappa shape index (κ1) is 20.7. The molecule has 0 saturated heterocycles. The molecule has 0 N–H and O–H groups in total. The van der Waals surface area contributed by atoms with Crippen LogP contribution in [0, 0.1) is 5.92 Å². The van der Waals surface area contributed by atoms with Gasteiger partial charge in [0.2, 0.25) is 0 Å². The minimum atomic E-state index is -0.452. The second-order valence-corrected chi connectivity index (χ2v) is 8.07. The molecule has 2 aliphatic heterocycles. The van der Waals surface area contributed by atoms with Gasteiger partial charge in [-0.15, -0.1) is 0 Å². The number of ketones is 1. The number of carbonyl (C=O) groups excluding carboxylic acids is 2. The number of benzene rings is 1. The smallest absolute Gasteiger partial charge is 0.290 e. The van der Waals surface area contributed by atoms with Crippen LogP contribution in [0.3, 0.4) is 0 Å². The van der Waals surface area contributed by atoms with Crippen LogP contribution < -0.4 is 4.74 Å². The van der Waals surface area contributed by atoms with Crippen LogP contribution >= 0.6 is 0 Å². The minimum absolute atomic E-state index is 0.0750. The molecule has 6 nitrogen and oxygen atoms in total. The number of rotatable bonds is 8. The third-order valence-corrected chi connectivity index (χ3v) is 6.15. The summed E-state index contributed by atoms with van der Waals surface area (Å²) in [5.74, 6) is 0.673. The minimum Gasteiger partial charge on any atom is -0.490 e. The number of Topliss-reactive ketones (excluding diaryl/α,β-unsaturated/α-hetero) is 1. The molecule has 1 aromatic carbocycles. The van der Waals surface area contributed by atoms with Crippen LogP contribution in [0.1, 0.15) is 43.7 Å². The molecule has 0 spiro atoms. The highest BCUT2D eigenvalue weighted by Gasteiger charge is 2.51. The first-order valence-corrected chi connectivity index (χ1v) is 10.7. The zero-order chi connectivity index (χ0) is 21.1. The number of ether oxygens (including phenoxy) is 3. The van der Waals surface area contributed by atoms with Gasteiger partial charge in [-0.25, -0.2) is 0 Å². The summed E-state index contributed by atoms with van der Waals surface area (Å²) in [5.41, 5.74) is 1.37. The van der Waals surface area contributed by atoms with Gasteiger partial charge in [0.05, 0.1) is 17.5 Å². The predicted octanol–water partition coefficient (Wildman–Crippen LogP) is 3.58. The lowest BCUT2D eigenvalue weighted by atomic mass is 9.77. The molecule has 1 fully saturated rings. The van der Waals surface area contributed by atoms with Crippen LogP contribution in [0.15, 0.2) is 48.3 Å². The Morgan fingerprint density at radius 3 is 2.90 bits per heavy atom. The van der Waals surface area contributed by atoms with Crippen molar-refractivity contribution in [3.8, 4) is 5.75 Å². The van der Waals surface area contributed by atoms with Gasteiger partial charge in [-0.05, 0) is 43.4 Å². The van der Waals surface area contributed by atoms with Crippen LogP contribution in [-0.4, -0.2) is 49.6 Å². The van der Waals surface area contributed by atoms with Crippen LogP contribution in [0.2, 0.25) is 0 Å². The highest BCUT2D eigenvalue weighted by molar-refractivity contribution is 6.11. The lowest BCUT2D eigenvalue weighted by molar-refractivity contribution is -0.135. The van der Waals surface area contributed by atoms with Crippen molar-refractivity contribution in [2.45, 2.75) is 44.2 Å². The third kappa shape index (κ3) is 3.76. The van der Waals surface area contributed by atoms with E-state index < -0.39 is 6.04 Å². The zero-order valence-electron chi connectivity index (χ0n) is 17.5. The van der Waals surface area contributed by atoms with Gasteiger partial charge in [-0.2, -0.15) is 0 Å². The Kier molecular flexibility index (Phi) is 6.23. The highest BCUT2D eigenvalue weighted by Crippen LogP contribution is 2.47. The summed E-state index contributed by atoms with van der Waals surface area (Å²) >= 11 is 0. The molecule has 3 atom stereocenters. The van der Waals surface area contributed by atoms with Crippen molar-refractivity contribution in [1.29, 1.82) is 0 Å². The zero-order valence-corrected chi connectivity index (χ0v) is 17.5. The lowest BCUT2D eigenvalue weighted by Gasteiger charge is -2.35. The summed E-state index contributed by atoms with van der Waals surface area (Å²) in [4.78, 5) is 28.6. The molecule has 0 bridgehead atoms. The van der Waals surface area contributed by atoms with Gasteiger partial charge in [0, 0.05) is 20.3 Å². The van der Waals surface area contributed by atoms with E-state index in [-0.39, 0.29) is 29.5 Å². The average Bonchev–Trinajstić information content (AvgIpc) is 3.05. The molecule has 1 aromatic rings. The number of hydrogen-bond donors (Lipinski definition) is 0. The summed E-state index contributed by atoms with van der Waals surface area (Å²) in [6.45, 7) is 5.12. The molecule has 0 radical (unpaired) electrons. The fourth-order valence-corrected chi connectivity index (χ4v) is 4.78. The maximum absolute atomic E-state index is 13.5. The second kappa shape index (κ2) is 9.04. The monoisotopic (exact) mass is 411 g/mol. The van der Waals surface area contributed by atoms with Crippen molar-refractivity contribution in [2.24, 2.45) is 5.92 Å². The van der Waals surface area contributed by atoms with Gasteiger partial charge in [0.1, 0.15) is 18.5 Å². The first-order valence-electron chi connectivity index (χ1n) is 10.7. The molecular weight excluding hydrogens is 382 g/mol. The average molecular weight is 411 g/mol. The highest BCUT2D eigenvalue weighted by atomic mass is 16.5. The molecule has 4 rings (SSSR count). The van der Waals surface area contributed by atoms with E-state index in [0.717, 1.165) is 31.2 Å². The van der Waals surface area contributed by atoms with E-state index in [2.05, 4.69) is 6.58 Å². The van der Waals surface area contributed by atoms with Gasteiger partial charge in [0.25, 0.3) is 5.91 Å². The van der Waals surface area contributed by atoms with E-state index in [4.69, 9.17) is 14.2 Å².